The average Bonchev–Trinajstić information content (AvgIpc) is 3.24. The molecule has 2 N–H and O–H groups in total. The molecule has 2 aromatic heterocycles. The molecule has 0 bridgehead atoms. The summed E-state index contributed by atoms with van der Waals surface area (Å²) in [7, 11) is 0. The van der Waals surface area contributed by atoms with Crippen LogP contribution in [0, 0.1) is 19.8 Å². The van der Waals surface area contributed by atoms with Crippen LogP contribution < -0.4 is 15.5 Å². The molecule has 1 aliphatic rings. The van der Waals surface area contributed by atoms with Crippen molar-refractivity contribution in [1.82, 2.24) is 20.1 Å². The lowest BCUT2D eigenvalue weighted by atomic mass is 10.2. The first-order valence-electron chi connectivity index (χ1n) is 9.29. The summed E-state index contributed by atoms with van der Waals surface area (Å²) in [6, 6.07) is 5.62. The Kier molecular flexibility index (Phi) is 5.75. The minimum absolute atomic E-state index is 0.196. The van der Waals surface area contributed by atoms with E-state index in [-0.39, 0.29) is 11.9 Å². The molecular weight excluding hydrogens is 328 g/mol. The zero-order chi connectivity index (χ0) is 18.5. The van der Waals surface area contributed by atoms with Crippen LogP contribution in [0.4, 0.5) is 16.3 Å². The zero-order valence-corrected chi connectivity index (χ0v) is 15.8. The highest BCUT2D eigenvalue weighted by Crippen LogP contribution is 2.25. The molecule has 2 aromatic rings. The van der Waals surface area contributed by atoms with Gasteiger partial charge in [-0.05, 0) is 50.8 Å². The highest BCUT2D eigenvalue weighted by atomic mass is 16.2. The highest BCUT2D eigenvalue weighted by Gasteiger charge is 2.18. The van der Waals surface area contributed by atoms with Crippen molar-refractivity contribution in [2.45, 2.75) is 40.2 Å². The van der Waals surface area contributed by atoms with Crippen molar-refractivity contribution in [2.24, 2.45) is 5.92 Å². The fourth-order valence-corrected chi connectivity index (χ4v) is 3.33. The van der Waals surface area contributed by atoms with Crippen LogP contribution in [0.1, 0.15) is 31.2 Å². The van der Waals surface area contributed by atoms with E-state index in [0.717, 1.165) is 42.5 Å². The first-order valence-corrected chi connectivity index (χ1v) is 9.29. The minimum atomic E-state index is -0.196. The van der Waals surface area contributed by atoms with Crippen molar-refractivity contribution in [3.05, 3.63) is 35.8 Å². The molecule has 2 amide bonds. The molecule has 7 heteroatoms. The third-order valence-corrected chi connectivity index (χ3v) is 4.64. The Morgan fingerprint density at radius 1 is 1.31 bits per heavy atom. The van der Waals surface area contributed by atoms with Gasteiger partial charge < -0.3 is 15.5 Å². The summed E-state index contributed by atoms with van der Waals surface area (Å²) in [4.78, 5) is 19.0. The van der Waals surface area contributed by atoms with E-state index in [1.165, 1.54) is 12.8 Å². The van der Waals surface area contributed by atoms with E-state index in [2.05, 4.69) is 45.5 Å². The quantitative estimate of drug-likeness (QED) is 0.834. The Balaban J connectivity index is 1.52. The van der Waals surface area contributed by atoms with E-state index in [9.17, 15) is 4.79 Å². The Morgan fingerprint density at radius 3 is 2.77 bits per heavy atom. The summed E-state index contributed by atoms with van der Waals surface area (Å²) in [6.07, 6.45) is 4.12. The number of pyridine rings is 1. The predicted molar refractivity (Wildman–Crippen MR) is 104 cm³/mol. The van der Waals surface area contributed by atoms with Crippen molar-refractivity contribution in [3.63, 3.8) is 0 Å². The van der Waals surface area contributed by atoms with Gasteiger partial charge in [0.25, 0.3) is 0 Å². The molecule has 0 spiro atoms. The van der Waals surface area contributed by atoms with Gasteiger partial charge in [0.2, 0.25) is 0 Å². The second kappa shape index (κ2) is 8.21. The maximum atomic E-state index is 12.3. The number of aryl methyl sites for hydroxylation is 2. The number of amides is 2. The highest BCUT2D eigenvalue weighted by molar-refractivity contribution is 5.92. The van der Waals surface area contributed by atoms with Gasteiger partial charge in [0, 0.05) is 38.1 Å². The number of rotatable bonds is 6. The van der Waals surface area contributed by atoms with Gasteiger partial charge >= 0.3 is 6.03 Å². The normalized spacial score (nSPS) is 15.1. The smallest absolute Gasteiger partial charge is 0.319 e. The molecule has 7 nitrogen and oxygen atoms in total. The van der Waals surface area contributed by atoms with E-state index in [0.29, 0.717) is 6.54 Å². The number of nitrogens with zero attached hydrogens (tertiary/aromatic N) is 4. The van der Waals surface area contributed by atoms with Gasteiger partial charge in [0.15, 0.2) is 5.82 Å². The number of hydrogen-bond acceptors (Lipinski definition) is 4. The molecule has 0 aromatic carbocycles. The van der Waals surface area contributed by atoms with Gasteiger partial charge in [-0.3, -0.25) is 4.68 Å². The summed E-state index contributed by atoms with van der Waals surface area (Å²) < 4.78 is 1.99. The maximum absolute atomic E-state index is 12.3. The van der Waals surface area contributed by atoms with Crippen LogP contribution in [0.25, 0.3) is 0 Å². The first-order chi connectivity index (χ1) is 12.5. The SMILES string of the molecule is Cc1cc(C)n(C[C@H](C)CNC(=O)Nc2cccnc2N2CCCC2)n1. The Bertz CT molecular complexity index is 750. The van der Waals surface area contributed by atoms with Crippen molar-refractivity contribution < 1.29 is 4.79 Å². The number of anilines is 2. The lowest BCUT2D eigenvalue weighted by molar-refractivity contribution is 0.249. The standard InChI is InChI=1S/C19H28N6O/c1-14(13-25-16(3)11-15(2)23-25)12-21-19(26)22-17-7-6-8-20-18(17)24-9-4-5-10-24/h6-8,11,14H,4-5,9-10,12-13H2,1-3H3,(H2,21,22,26)/t14-/m1/s1. The number of carbonyl (C=O) groups excluding carboxylic acids is 1. The van der Waals surface area contributed by atoms with E-state index >= 15 is 0 Å². The summed E-state index contributed by atoms with van der Waals surface area (Å²) in [5.74, 6) is 1.14. The lowest BCUT2D eigenvalue weighted by Crippen LogP contribution is -2.34. The molecule has 3 rings (SSSR count). The fourth-order valence-electron chi connectivity index (χ4n) is 3.33. The molecule has 0 radical (unpaired) electrons. The van der Waals surface area contributed by atoms with Gasteiger partial charge in [-0.2, -0.15) is 5.10 Å². The number of hydrogen-bond donors (Lipinski definition) is 2. The molecule has 0 aliphatic carbocycles. The molecule has 1 fully saturated rings. The van der Waals surface area contributed by atoms with Crippen LogP contribution in [-0.2, 0) is 6.54 Å². The number of nitrogens with one attached hydrogen (secondary N) is 2. The van der Waals surface area contributed by atoms with E-state index in [1.807, 2.05) is 23.7 Å². The van der Waals surface area contributed by atoms with Gasteiger partial charge in [0.05, 0.1) is 11.4 Å². The number of aromatic nitrogens is 3. The summed E-state index contributed by atoms with van der Waals surface area (Å²) in [6.45, 7) is 9.51. The first kappa shape index (κ1) is 18.2. The second-order valence-corrected chi connectivity index (χ2v) is 7.12. The number of carbonyl (C=O) groups is 1. The Hall–Kier alpha value is -2.57. The monoisotopic (exact) mass is 356 g/mol. The molecule has 140 valence electrons. The molecule has 0 unspecified atom stereocenters. The second-order valence-electron chi connectivity index (χ2n) is 7.12. The van der Waals surface area contributed by atoms with E-state index < -0.39 is 0 Å². The summed E-state index contributed by atoms with van der Waals surface area (Å²) in [5.41, 5.74) is 2.92. The van der Waals surface area contributed by atoms with Crippen molar-refractivity contribution in [1.29, 1.82) is 0 Å². The topological polar surface area (TPSA) is 75.1 Å². The molecule has 1 atom stereocenters. The molecule has 1 saturated heterocycles. The summed E-state index contributed by atoms with van der Waals surface area (Å²) >= 11 is 0. The summed E-state index contributed by atoms with van der Waals surface area (Å²) in [5, 5.41) is 10.4. The van der Waals surface area contributed by atoms with Crippen molar-refractivity contribution in [3.8, 4) is 0 Å². The van der Waals surface area contributed by atoms with Crippen LogP contribution in [0.3, 0.4) is 0 Å². The van der Waals surface area contributed by atoms with E-state index in [1.54, 1.807) is 6.20 Å². The Labute approximate surface area is 154 Å². The predicted octanol–water partition coefficient (Wildman–Crippen LogP) is 2.95. The van der Waals surface area contributed by atoms with Crippen LogP contribution >= 0.6 is 0 Å². The van der Waals surface area contributed by atoms with Crippen molar-refractivity contribution >= 4 is 17.5 Å². The number of urea groups is 1. The molecule has 3 heterocycles. The van der Waals surface area contributed by atoms with Crippen molar-refractivity contribution in [2.75, 3.05) is 29.9 Å². The van der Waals surface area contributed by atoms with Gasteiger partial charge in [-0.1, -0.05) is 6.92 Å². The van der Waals surface area contributed by atoms with Gasteiger partial charge in [-0.15, -0.1) is 0 Å². The van der Waals surface area contributed by atoms with Gasteiger partial charge in [0.1, 0.15) is 0 Å². The maximum Gasteiger partial charge on any atom is 0.319 e. The fraction of sp³-hybridized carbons (Fsp3) is 0.526. The van der Waals surface area contributed by atoms with Crippen LogP contribution in [-0.4, -0.2) is 40.4 Å². The van der Waals surface area contributed by atoms with Crippen LogP contribution in [0.5, 0.6) is 0 Å². The zero-order valence-electron chi connectivity index (χ0n) is 15.8. The molecule has 1 aliphatic heterocycles. The Morgan fingerprint density at radius 2 is 2.08 bits per heavy atom. The van der Waals surface area contributed by atoms with E-state index in [4.69, 9.17) is 0 Å². The largest absolute Gasteiger partial charge is 0.355 e. The lowest BCUT2D eigenvalue weighted by Gasteiger charge is -2.20. The van der Waals surface area contributed by atoms with Crippen LogP contribution in [0.2, 0.25) is 0 Å². The van der Waals surface area contributed by atoms with Crippen LogP contribution in [0.15, 0.2) is 24.4 Å². The average molecular weight is 356 g/mol. The molecular formula is C19H28N6O. The minimum Gasteiger partial charge on any atom is -0.355 e. The van der Waals surface area contributed by atoms with Gasteiger partial charge in [-0.25, -0.2) is 9.78 Å². The third kappa shape index (κ3) is 4.53. The third-order valence-electron chi connectivity index (χ3n) is 4.64. The molecule has 0 saturated carbocycles. The molecule has 26 heavy (non-hydrogen) atoms.